The summed E-state index contributed by atoms with van der Waals surface area (Å²) in [6.07, 6.45) is -2.81. The van der Waals surface area contributed by atoms with E-state index in [0.717, 1.165) is 17.7 Å². The van der Waals surface area contributed by atoms with E-state index in [9.17, 15) is 22.2 Å². The summed E-state index contributed by atoms with van der Waals surface area (Å²) in [4.78, 5) is 15.5. The summed E-state index contributed by atoms with van der Waals surface area (Å²) in [6.45, 7) is 6.43. The summed E-state index contributed by atoms with van der Waals surface area (Å²) in [5, 5.41) is 3.00. The third-order valence-corrected chi connectivity index (χ3v) is 7.30. The SMILES string of the molecule is CC(NC(=O)C(C)(C)N1CC[C@@H](Oc2cccc(C(F)(F)F)c2)C1)c1ccc(S(C)(=N)=O)cc1. The molecule has 0 bridgehead atoms. The van der Waals surface area contributed by atoms with Gasteiger partial charge in [0.2, 0.25) is 5.91 Å². The van der Waals surface area contributed by atoms with E-state index in [-0.39, 0.29) is 23.8 Å². The quantitative estimate of drug-likeness (QED) is 0.573. The molecule has 6 nitrogen and oxygen atoms in total. The third-order valence-electron chi connectivity index (χ3n) is 6.13. The Balaban J connectivity index is 1.61. The van der Waals surface area contributed by atoms with E-state index in [1.54, 1.807) is 38.1 Å². The van der Waals surface area contributed by atoms with Gasteiger partial charge in [-0.25, -0.2) is 8.99 Å². The van der Waals surface area contributed by atoms with Gasteiger partial charge in [-0.1, -0.05) is 18.2 Å². The maximum atomic E-state index is 13.1. The number of nitrogens with one attached hydrogen (secondary N) is 2. The number of hydrogen-bond donors (Lipinski definition) is 2. The number of rotatable bonds is 7. The van der Waals surface area contributed by atoms with E-state index in [1.807, 2.05) is 11.8 Å². The Morgan fingerprint density at radius 3 is 2.44 bits per heavy atom. The number of likely N-dealkylation sites (tertiary alicyclic amines) is 1. The van der Waals surface area contributed by atoms with Crippen molar-refractivity contribution >= 4 is 15.6 Å². The summed E-state index contributed by atoms with van der Waals surface area (Å²) in [5.74, 6) is -0.0340. The second-order valence-corrected chi connectivity index (χ2v) is 11.3. The van der Waals surface area contributed by atoms with Crippen molar-refractivity contribution in [3.63, 3.8) is 0 Å². The highest BCUT2D eigenvalue weighted by Crippen LogP contribution is 2.32. The average Bonchev–Trinajstić information content (AvgIpc) is 3.22. The van der Waals surface area contributed by atoms with Crippen LogP contribution in [0.25, 0.3) is 0 Å². The number of hydrogen-bond acceptors (Lipinski definition) is 5. The van der Waals surface area contributed by atoms with E-state index in [2.05, 4.69) is 5.32 Å². The molecule has 0 radical (unpaired) electrons. The highest BCUT2D eigenvalue weighted by atomic mass is 32.2. The van der Waals surface area contributed by atoms with Gasteiger partial charge in [-0.05, 0) is 63.1 Å². The van der Waals surface area contributed by atoms with Crippen LogP contribution in [0.15, 0.2) is 53.4 Å². The molecule has 2 unspecified atom stereocenters. The zero-order valence-corrected chi connectivity index (χ0v) is 20.4. The molecule has 3 atom stereocenters. The minimum Gasteiger partial charge on any atom is -0.489 e. The van der Waals surface area contributed by atoms with Crippen molar-refractivity contribution in [2.75, 3.05) is 19.3 Å². The van der Waals surface area contributed by atoms with Crippen molar-refractivity contribution in [1.82, 2.24) is 10.2 Å². The van der Waals surface area contributed by atoms with Crippen molar-refractivity contribution < 1.29 is 26.9 Å². The Morgan fingerprint density at radius 2 is 1.85 bits per heavy atom. The molecule has 0 saturated carbocycles. The molecule has 1 fully saturated rings. The molecule has 1 aliphatic heterocycles. The number of carbonyl (C=O) groups excluding carboxylic acids is 1. The van der Waals surface area contributed by atoms with E-state index < -0.39 is 27.0 Å². The van der Waals surface area contributed by atoms with Gasteiger partial charge in [0.1, 0.15) is 11.9 Å². The van der Waals surface area contributed by atoms with Gasteiger partial charge in [0.15, 0.2) is 0 Å². The molecule has 1 heterocycles. The molecule has 1 aliphatic rings. The minimum absolute atomic E-state index is 0.157. The molecule has 2 N–H and O–H groups in total. The van der Waals surface area contributed by atoms with E-state index in [4.69, 9.17) is 9.52 Å². The monoisotopic (exact) mass is 497 g/mol. The Kier molecular flexibility index (Phi) is 7.33. The lowest BCUT2D eigenvalue weighted by Crippen LogP contribution is -2.54. The molecule has 186 valence electrons. The number of alkyl halides is 3. The number of benzene rings is 2. The zero-order valence-electron chi connectivity index (χ0n) is 19.6. The van der Waals surface area contributed by atoms with Gasteiger partial charge < -0.3 is 10.1 Å². The van der Waals surface area contributed by atoms with Gasteiger partial charge in [0, 0.05) is 24.2 Å². The molecule has 1 saturated heterocycles. The minimum atomic E-state index is -4.44. The lowest BCUT2D eigenvalue weighted by molar-refractivity contribution is -0.137. The number of halogens is 3. The first kappa shape index (κ1) is 26.0. The fourth-order valence-corrected chi connectivity index (χ4v) is 4.54. The molecule has 0 aliphatic carbocycles. The lowest BCUT2D eigenvalue weighted by atomic mass is 10.0. The molecule has 2 aromatic rings. The first-order chi connectivity index (χ1) is 15.7. The van der Waals surface area contributed by atoms with Crippen LogP contribution in [0.4, 0.5) is 13.2 Å². The van der Waals surface area contributed by atoms with Crippen molar-refractivity contribution in [2.45, 2.75) is 55.9 Å². The summed E-state index contributed by atoms with van der Waals surface area (Å²) < 4.78 is 64.2. The fourth-order valence-electron chi connectivity index (χ4n) is 3.89. The zero-order chi connectivity index (χ0) is 25.3. The molecule has 10 heteroatoms. The largest absolute Gasteiger partial charge is 0.489 e. The van der Waals surface area contributed by atoms with Crippen LogP contribution < -0.4 is 10.1 Å². The van der Waals surface area contributed by atoms with Gasteiger partial charge >= 0.3 is 6.18 Å². The molecule has 0 aromatic heterocycles. The number of nitrogens with zero attached hydrogens (tertiary/aromatic N) is 1. The predicted molar refractivity (Wildman–Crippen MR) is 124 cm³/mol. The van der Waals surface area contributed by atoms with Crippen molar-refractivity contribution in [3.8, 4) is 5.75 Å². The highest BCUT2D eigenvalue weighted by molar-refractivity contribution is 7.91. The summed E-state index contributed by atoms with van der Waals surface area (Å²) in [5.41, 5.74) is -0.798. The summed E-state index contributed by atoms with van der Waals surface area (Å²) >= 11 is 0. The maximum Gasteiger partial charge on any atom is 0.416 e. The Morgan fingerprint density at radius 1 is 1.21 bits per heavy atom. The van der Waals surface area contributed by atoms with Gasteiger partial charge in [0.05, 0.1) is 26.9 Å². The average molecular weight is 498 g/mol. The molecule has 3 rings (SSSR count). The van der Waals surface area contributed by atoms with Crippen LogP contribution in [0.2, 0.25) is 0 Å². The van der Waals surface area contributed by atoms with Crippen LogP contribution in [0.5, 0.6) is 5.75 Å². The van der Waals surface area contributed by atoms with Crippen LogP contribution in [0.1, 0.15) is 44.4 Å². The third kappa shape index (κ3) is 6.09. The summed E-state index contributed by atoms with van der Waals surface area (Å²) in [6, 6.07) is 11.3. The van der Waals surface area contributed by atoms with Crippen molar-refractivity contribution in [2.24, 2.45) is 0 Å². The van der Waals surface area contributed by atoms with Crippen LogP contribution >= 0.6 is 0 Å². The molecule has 0 spiro atoms. The molecular formula is C24H30F3N3O3S. The smallest absolute Gasteiger partial charge is 0.416 e. The Labute approximate surface area is 198 Å². The van der Waals surface area contributed by atoms with Crippen LogP contribution in [0, 0.1) is 4.78 Å². The van der Waals surface area contributed by atoms with Crippen molar-refractivity contribution in [3.05, 3.63) is 59.7 Å². The van der Waals surface area contributed by atoms with Crippen LogP contribution in [-0.2, 0) is 20.7 Å². The van der Waals surface area contributed by atoms with E-state index in [0.29, 0.717) is 24.4 Å². The fraction of sp³-hybridized carbons (Fsp3) is 0.458. The Bertz CT molecular complexity index is 1130. The number of ether oxygens (including phenoxy) is 1. The number of carbonyl (C=O) groups is 1. The lowest BCUT2D eigenvalue weighted by Gasteiger charge is -2.35. The van der Waals surface area contributed by atoms with E-state index in [1.165, 1.54) is 18.4 Å². The first-order valence-electron chi connectivity index (χ1n) is 10.9. The normalized spacial score (nSPS) is 19.9. The molecular weight excluding hydrogens is 467 g/mol. The molecule has 34 heavy (non-hydrogen) atoms. The predicted octanol–water partition coefficient (Wildman–Crippen LogP) is 4.85. The standard InChI is InChI=1S/C24H30F3N3O3S/c1-16(17-8-10-21(11-9-17)34(4,28)32)29-22(31)23(2,3)30-13-12-20(15-30)33-19-7-5-6-18(14-19)24(25,26)27/h5-11,14,16,20,28H,12-13,15H2,1-4H3,(H,29,31)/t16?,20-,34?/m1/s1. The second kappa shape index (κ2) is 9.58. The van der Waals surface area contributed by atoms with Crippen molar-refractivity contribution in [1.29, 1.82) is 4.78 Å². The molecule has 2 aromatic carbocycles. The van der Waals surface area contributed by atoms with Gasteiger partial charge in [0.25, 0.3) is 0 Å². The van der Waals surface area contributed by atoms with Gasteiger partial charge in [-0.2, -0.15) is 13.2 Å². The maximum absolute atomic E-state index is 13.1. The first-order valence-corrected chi connectivity index (χ1v) is 12.9. The molecule has 1 amide bonds. The van der Waals surface area contributed by atoms with E-state index >= 15 is 0 Å². The van der Waals surface area contributed by atoms with Gasteiger partial charge in [-0.15, -0.1) is 0 Å². The second-order valence-electron chi connectivity index (χ2n) is 9.17. The van der Waals surface area contributed by atoms with Crippen LogP contribution in [0.3, 0.4) is 0 Å². The summed E-state index contributed by atoms with van der Waals surface area (Å²) in [7, 11) is -2.80. The highest BCUT2D eigenvalue weighted by Gasteiger charge is 2.40. The van der Waals surface area contributed by atoms with Gasteiger partial charge in [-0.3, -0.25) is 9.69 Å². The topological polar surface area (TPSA) is 82.5 Å². The van der Waals surface area contributed by atoms with Crippen LogP contribution in [-0.4, -0.2) is 46.0 Å². The number of amides is 1. The Hall–Kier alpha value is -2.59.